The average Bonchev–Trinajstić information content (AvgIpc) is 3.39. The minimum absolute atomic E-state index is 0.0951. The Labute approximate surface area is 163 Å². The van der Waals surface area contributed by atoms with Gasteiger partial charge in [0.05, 0.1) is 5.92 Å². The number of rotatable bonds is 5. The maximum atomic E-state index is 13.3. The Balaban J connectivity index is 1.57. The summed E-state index contributed by atoms with van der Waals surface area (Å²) < 4.78 is 18.6. The van der Waals surface area contributed by atoms with E-state index in [0.29, 0.717) is 23.8 Å². The lowest BCUT2D eigenvalue weighted by Gasteiger charge is -2.26. The largest absolute Gasteiger partial charge is 0.337 e. The third kappa shape index (κ3) is 3.54. The Kier molecular flexibility index (Phi) is 5.19. The fourth-order valence-electron chi connectivity index (χ4n) is 3.81. The molecule has 1 aliphatic rings. The Bertz CT molecular complexity index is 940. The van der Waals surface area contributed by atoms with Gasteiger partial charge in [-0.25, -0.2) is 4.39 Å². The second-order valence-corrected chi connectivity index (χ2v) is 7.02. The minimum Gasteiger partial charge on any atom is -0.337 e. The van der Waals surface area contributed by atoms with E-state index >= 15 is 0 Å². The summed E-state index contributed by atoms with van der Waals surface area (Å²) in [7, 11) is 0. The third-order valence-corrected chi connectivity index (χ3v) is 5.27. The van der Waals surface area contributed by atoms with Gasteiger partial charge in [0.25, 0.3) is 0 Å². The van der Waals surface area contributed by atoms with Crippen molar-refractivity contribution in [3.63, 3.8) is 0 Å². The number of benzene rings is 2. The normalized spacial score (nSPS) is 17.6. The minimum atomic E-state index is -0.313. The van der Waals surface area contributed by atoms with E-state index in [1.807, 2.05) is 42.2 Å². The molecule has 5 nitrogen and oxygen atoms in total. The Morgan fingerprint density at radius 1 is 1.21 bits per heavy atom. The zero-order valence-corrected chi connectivity index (χ0v) is 15.7. The molecule has 28 heavy (non-hydrogen) atoms. The Morgan fingerprint density at radius 3 is 2.68 bits per heavy atom. The number of amides is 1. The van der Waals surface area contributed by atoms with Crippen LogP contribution in [0.3, 0.4) is 0 Å². The number of nitrogens with zero attached hydrogens (tertiary/aromatic N) is 3. The van der Waals surface area contributed by atoms with Gasteiger partial charge >= 0.3 is 0 Å². The van der Waals surface area contributed by atoms with E-state index in [4.69, 9.17) is 4.52 Å². The summed E-state index contributed by atoms with van der Waals surface area (Å²) in [5.41, 5.74) is 1.71. The van der Waals surface area contributed by atoms with Gasteiger partial charge < -0.3 is 9.42 Å². The van der Waals surface area contributed by atoms with E-state index in [2.05, 4.69) is 10.1 Å². The third-order valence-electron chi connectivity index (χ3n) is 5.27. The van der Waals surface area contributed by atoms with Crippen LogP contribution in [0.25, 0.3) is 11.4 Å². The zero-order chi connectivity index (χ0) is 19.5. The van der Waals surface area contributed by atoms with Gasteiger partial charge in [0.2, 0.25) is 17.6 Å². The van der Waals surface area contributed by atoms with Crippen molar-refractivity contribution in [2.75, 3.05) is 6.54 Å². The molecule has 2 heterocycles. The van der Waals surface area contributed by atoms with E-state index < -0.39 is 0 Å². The summed E-state index contributed by atoms with van der Waals surface area (Å²) in [5, 5.41) is 4.03. The molecule has 1 fully saturated rings. The van der Waals surface area contributed by atoms with Gasteiger partial charge in [-0.1, -0.05) is 42.4 Å². The number of carbonyl (C=O) groups is 1. The van der Waals surface area contributed by atoms with Gasteiger partial charge in [0.15, 0.2) is 0 Å². The molecule has 1 aliphatic heterocycles. The van der Waals surface area contributed by atoms with Gasteiger partial charge in [-0.3, -0.25) is 4.79 Å². The molecule has 144 valence electrons. The van der Waals surface area contributed by atoms with Gasteiger partial charge in [0, 0.05) is 12.1 Å². The van der Waals surface area contributed by atoms with Crippen molar-refractivity contribution in [2.45, 2.75) is 38.1 Å². The summed E-state index contributed by atoms with van der Waals surface area (Å²) >= 11 is 0. The maximum Gasteiger partial charge on any atom is 0.249 e. The van der Waals surface area contributed by atoms with E-state index in [0.717, 1.165) is 24.8 Å². The second kappa shape index (κ2) is 7.92. The van der Waals surface area contributed by atoms with E-state index in [9.17, 15) is 9.18 Å². The van der Waals surface area contributed by atoms with E-state index in [-0.39, 0.29) is 23.7 Å². The lowest BCUT2D eigenvalue weighted by molar-refractivity contribution is -0.134. The van der Waals surface area contributed by atoms with Gasteiger partial charge in [-0.2, -0.15) is 4.98 Å². The van der Waals surface area contributed by atoms with Crippen LogP contribution in [0.15, 0.2) is 59.1 Å². The topological polar surface area (TPSA) is 59.2 Å². The summed E-state index contributed by atoms with van der Waals surface area (Å²) in [5.74, 6) is 0.447. The fourth-order valence-corrected chi connectivity index (χ4v) is 3.81. The van der Waals surface area contributed by atoms with E-state index in [1.165, 1.54) is 12.1 Å². The van der Waals surface area contributed by atoms with Crippen LogP contribution in [0.1, 0.15) is 49.6 Å². The smallest absolute Gasteiger partial charge is 0.249 e. The molecule has 2 aromatic carbocycles. The van der Waals surface area contributed by atoms with E-state index in [1.54, 1.807) is 12.1 Å². The van der Waals surface area contributed by atoms with Crippen molar-refractivity contribution in [1.82, 2.24) is 15.0 Å². The summed E-state index contributed by atoms with van der Waals surface area (Å²) in [6, 6.07) is 15.6. The number of halogens is 1. The highest BCUT2D eigenvalue weighted by Crippen LogP contribution is 2.35. The molecule has 0 bridgehead atoms. The van der Waals surface area contributed by atoms with Crippen LogP contribution in [-0.2, 0) is 4.79 Å². The van der Waals surface area contributed by atoms with Crippen LogP contribution < -0.4 is 0 Å². The number of hydrogen-bond donors (Lipinski definition) is 0. The van der Waals surface area contributed by atoms with Crippen molar-refractivity contribution >= 4 is 5.91 Å². The number of carbonyl (C=O) groups excluding carboxylic acids is 1. The van der Waals surface area contributed by atoms with Gasteiger partial charge in [0.1, 0.15) is 11.9 Å². The van der Waals surface area contributed by atoms with Gasteiger partial charge in [-0.05, 0) is 49.1 Å². The first-order valence-electron chi connectivity index (χ1n) is 9.62. The quantitative estimate of drug-likeness (QED) is 0.643. The molecule has 0 saturated carbocycles. The molecule has 0 radical (unpaired) electrons. The molecule has 2 atom stereocenters. The Hall–Kier alpha value is -3.02. The molecule has 0 unspecified atom stereocenters. The van der Waals surface area contributed by atoms with Crippen LogP contribution in [0, 0.1) is 5.82 Å². The molecule has 3 aromatic rings. The Morgan fingerprint density at radius 2 is 1.96 bits per heavy atom. The number of hydrogen-bond acceptors (Lipinski definition) is 4. The van der Waals surface area contributed by atoms with Crippen molar-refractivity contribution in [3.8, 4) is 11.4 Å². The monoisotopic (exact) mass is 379 g/mol. The number of aromatic nitrogens is 2. The van der Waals surface area contributed by atoms with Crippen LogP contribution >= 0.6 is 0 Å². The first-order valence-corrected chi connectivity index (χ1v) is 9.62. The molecule has 6 heteroatoms. The van der Waals surface area contributed by atoms with Crippen LogP contribution in [-0.4, -0.2) is 27.5 Å². The summed E-state index contributed by atoms with van der Waals surface area (Å²) in [4.78, 5) is 19.6. The van der Waals surface area contributed by atoms with Gasteiger partial charge in [-0.15, -0.1) is 0 Å². The molecule has 0 aliphatic carbocycles. The predicted molar refractivity (Wildman–Crippen MR) is 103 cm³/mol. The second-order valence-electron chi connectivity index (χ2n) is 7.02. The highest BCUT2D eigenvalue weighted by atomic mass is 19.1. The van der Waals surface area contributed by atoms with Crippen molar-refractivity contribution < 1.29 is 13.7 Å². The highest BCUT2D eigenvalue weighted by molar-refractivity contribution is 5.84. The van der Waals surface area contributed by atoms with Crippen molar-refractivity contribution in [1.29, 1.82) is 0 Å². The zero-order valence-electron chi connectivity index (χ0n) is 15.7. The summed E-state index contributed by atoms with van der Waals surface area (Å²) in [6.07, 6.45) is 2.43. The predicted octanol–water partition coefficient (Wildman–Crippen LogP) is 4.73. The maximum absolute atomic E-state index is 13.3. The number of likely N-dealkylation sites (tertiary alicyclic amines) is 1. The molecule has 0 spiro atoms. The van der Waals surface area contributed by atoms with Crippen LogP contribution in [0.4, 0.5) is 4.39 Å². The molecule has 1 amide bonds. The fraction of sp³-hybridized carbons (Fsp3) is 0.318. The molecule has 1 aromatic heterocycles. The first-order chi connectivity index (χ1) is 13.7. The molecular weight excluding hydrogens is 357 g/mol. The molecule has 4 rings (SSSR count). The standard InChI is InChI=1S/C22H22FN3O2/c1-2-18(15-7-4-3-5-8-15)22(27)26-14-6-9-19(26)21-24-20(25-28-21)16-10-12-17(23)13-11-16/h3-5,7-8,10-13,18-19H,2,6,9,14H2,1H3/t18-,19-/m1/s1. The van der Waals surface area contributed by atoms with Crippen LogP contribution in [0.2, 0.25) is 0 Å². The summed E-state index contributed by atoms with van der Waals surface area (Å²) in [6.45, 7) is 2.71. The molecular formula is C22H22FN3O2. The molecule has 0 N–H and O–H groups in total. The molecule has 1 saturated heterocycles. The average molecular weight is 379 g/mol. The lowest BCUT2D eigenvalue weighted by Crippen LogP contribution is -2.34. The van der Waals surface area contributed by atoms with Crippen molar-refractivity contribution in [3.05, 3.63) is 71.9 Å². The first kappa shape index (κ1) is 18.3. The highest BCUT2D eigenvalue weighted by Gasteiger charge is 2.37. The SMILES string of the molecule is CC[C@@H](C(=O)N1CCC[C@@H]1c1nc(-c2ccc(F)cc2)no1)c1ccccc1. The van der Waals surface area contributed by atoms with Crippen molar-refractivity contribution in [2.24, 2.45) is 0 Å². The lowest BCUT2D eigenvalue weighted by atomic mass is 9.94. The van der Waals surface area contributed by atoms with Crippen LogP contribution in [0.5, 0.6) is 0 Å².